The highest BCUT2D eigenvalue weighted by molar-refractivity contribution is 6.31. The van der Waals surface area contributed by atoms with E-state index in [1.54, 1.807) is 24.3 Å². The lowest BCUT2D eigenvalue weighted by Crippen LogP contribution is -2.43. The van der Waals surface area contributed by atoms with Crippen molar-refractivity contribution in [3.8, 4) is 0 Å². The van der Waals surface area contributed by atoms with Crippen LogP contribution in [-0.4, -0.2) is 31.1 Å². The van der Waals surface area contributed by atoms with Gasteiger partial charge in [0.05, 0.1) is 0 Å². The molecule has 0 radical (unpaired) electrons. The topological polar surface area (TPSA) is 44.4 Å². The highest BCUT2D eigenvalue weighted by Crippen LogP contribution is 2.25. The maximum Gasteiger partial charge on any atom is 0.255 e. The van der Waals surface area contributed by atoms with Crippen LogP contribution in [0.25, 0.3) is 0 Å². The van der Waals surface area contributed by atoms with Crippen LogP contribution in [0, 0.1) is 0 Å². The molecule has 0 spiro atoms. The molecular weight excluding hydrogens is 346 g/mol. The molecule has 2 aliphatic rings. The van der Waals surface area contributed by atoms with Crippen LogP contribution in [0.4, 0.5) is 11.4 Å². The van der Waals surface area contributed by atoms with Crippen molar-refractivity contribution in [2.75, 3.05) is 23.3 Å². The fourth-order valence-corrected chi connectivity index (χ4v) is 3.67. The average Bonchev–Trinajstić information content (AvgIpc) is 3.47. The number of halogens is 1. The van der Waals surface area contributed by atoms with Crippen molar-refractivity contribution in [3.63, 3.8) is 0 Å². The van der Waals surface area contributed by atoms with Crippen LogP contribution in [0.2, 0.25) is 5.02 Å². The van der Waals surface area contributed by atoms with Gasteiger partial charge in [-0.1, -0.05) is 17.7 Å². The maximum atomic E-state index is 12.3. The van der Waals surface area contributed by atoms with Gasteiger partial charge in [-0.15, -0.1) is 0 Å². The summed E-state index contributed by atoms with van der Waals surface area (Å²) in [5.74, 6) is -0.146. The van der Waals surface area contributed by atoms with Crippen molar-refractivity contribution in [1.82, 2.24) is 5.32 Å². The third-order valence-electron chi connectivity index (χ3n) is 5.12. The summed E-state index contributed by atoms with van der Waals surface area (Å²) in [6.45, 7) is 2.16. The van der Waals surface area contributed by atoms with E-state index < -0.39 is 0 Å². The number of nitrogens with zero attached hydrogens (tertiary/aromatic N) is 1. The highest BCUT2D eigenvalue weighted by Gasteiger charge is 2.27. The van der Waals surface area contributed by atoms with Crippen LogP contribution in [0.5, 0.6) is 0 Å². The Morgan fingerprint density at radius 2 is 1.65 bits per heavy atom. The van der Waals surface area contributed by atoms with E-state index in [0.29, 0.717) is 16.6 Å². The molecule has 1 saturated heterocycles. The Morgan fingerprint density at radius 1 is 0.962 bits per heavy atom. The first-order valence-electron chi connectivity index (χ1n) is 9.35. The van der Waals surface area contributed by atoms with Crippen molar-refractivity contribution >= 4 is 28.9 Å². The first-order chi connectivity index (χ1) is 12.7. The van der Waals surface area contributed by atoms with E-state index in [9.17, 15) is 4.79 Å². The normalized spacial score (nSPS) is 18.0. The third kappa shape index (κ3) is 4.37. The van der Waals surface area contributed by atoms with Crippen molar-refractivity contribution in [3.05, 3.63) is 59.1 Å². The van der Waals surface area contributed by atoms with E-state index in [2.05, 4.69) is 27.7 Å². The standard InChI is InChI=1S/C21H24ClN3O/c22-16-3-1-2-15(14-16)21(26)24-18-6-8-20(9-7-18)25-12-10-19(11-13-25)23-17-4-5-17/h1-3,6-9,14,17,19,23H,4-5,10-13H2,(H,24,26). The number of hydrogen-bond donors (Lipinski definition) is 2. The fraction of sp³-hybridized carbons (Fsp3) is 0.381. The van der Waals surface area contributed by atoms with E-state index in [4.69, 9.17) is 11.6 Å². The Bertz CT molecular complexity index is 765. The first-order valence-corrected chi connectivity index (χ1v) is 9.73. The lowest BCUT2D eigenvalue weighted by Gasteiger charge is -2.34. The second kappa shape index (κ2) is 7.68. The molecule has 26 heavy (non-hydrogen) atoms. The SMILES string of the molecule is O=C(Nc1ccc(N2CCC(NC3CC3)CC2)cc1)c1cccc(Cl)c1. The number of carbonyl (C=O) groups excluding carboxylic acids is 1. The number of benzene rings is 2. The maximum absolute atomic E-state index is 12.3. The number of amides is 1. The lowest BCUT2D eigenvalue weighted by atomic mass is 10.0. The van der Waals surface area contributed by atoms with Gasteiger partial charge in [0.1, 0.15) is 0 Å². The monoisotopic (exact) mass is 369 g/mol. The van der Waals surface area contributed by atoms with Gasteiger partial charge < -0.3 is 15.5 Å². The number of hydrogen-bond acceptors (Lipinski definition) is 3. The van der Waals surface area contributed by atoms with Crippen LogP contribution in [-0.2, 0) is 0 Å². The molecule has 2 N–H and O–H groups in total. The molecule has 1 heterocycles. The molecule has 2 aromatic carbocycles. The quantitative estimate of drug-likeness (QED) is 0.825. The van der Waals surface area contributed by atoms with Gasteiger partial charge in [0, 0.05) is 47.1 Å². The first kappa shape index (κ1) is 17.4. The molecule has 1 aliphatic heterocycles. The Balaban J connectivity index is 1.32. The summed E-state index contributed by atoms with van der Waals surface area (Å²) in [5, 5.41) is 7.22. The molecule has 1 amide bonds. The predicted molar refractivity (Wildman–Crippen MR) is 107 cm³/mol. The van der Waals surface area contributed by atoms with Crippen LogP contribution in [0.3, 0.4) is 0 Å². The molecule has 2 fully saturated rings. The Labute approximate surface area is 159 Å². The van der Waals surface area contributed by atoms with Crippen molar-refractivity contribution in [2.24, 2.45) is 0 Å². The number of rotatable bonds is 5. The zero-order valence-corrected chi connectivity index (χ0v) is 15.5. The smallest absolute Gasteiger partial charge is 0.255 e. The largest absolute Gasteiger partial charge is 0.371 e. The summed E-state index contributed by atoms with van der Waals surface area (Å²) in [6, 6.07) is 16.5. The van der Waals surface area contributed by atoms with Gasteiger partial charge >= 0.3 is 0 Å². The third-order valence-corrected chi connectivity index (χ3v) is 5.36. The second-order valence-electron chi connectivity index (χ2n) is 7.21. The van der Waals surface area contributed by atoms with Gasteiger partial charge in [-0.05, 0) is 68.1 Å². The molecule has 0 atom stereocenters. The van der Waals surface area contributed by atoms with Crippen molar-refractivity contribution < 1.29 is 4.79 Å². The van der Waals surface area contributed by atoms with Gasteiger partial charge in [-0.3, -0.25) is 4.79 Å². The predicted octanol–water partition coefficient (Wildman–Crippen LogP) is 4.31. The van der Waals surface area contributed by atoms with Gasteiger partial charge in [0.25, 0.3) is 5.91 Å². The number of piperidine rings is 1. The molecule has 4 nitrogen and oxygen atoms in total. The molecular formula is C21H24ClN3O. The van der Waals surface area contributed by atoms with Crippen LogP contribution in [0.15, 0.2) is 48.5 Å². The number of carbonyl (C=O) groups is 1. The summed E-state index contributed by atoms with van der Waals surface area (Å²) in [5.41, 5.74) is 2.58. The van der Waals surface area contributed by atoms with Gasteiger partial charge in [-0.2, -0.15) is 0 Å². The Hall–Kier alpha value is -2.04. The average molecular weight is 370 g/mol. The van der Waals surface area contributed by atoms with Crippen molar-refractivity contribution in [2.45, 2.75) is 37.8 Å². The molecule has 0 bridgehead atoms. The van der Waals surface area contributed by atoms with E-state index >= 15 is 0 Å². The van der Waals surface area contributed by atoms with E-state index in [1.807, 2.05) is 12.1 Å². The number of anilines is 2. The summed E-state index contributed by atoms with van der Waals surface area (Å²) < 4.78 is 0. The highest BCUT2D eigenvalue weighted by atomic mass is 35.5. The minimum absolute atomic E-state index is 0.146. The molecule has 136 valence electrons. The molecule has 0 aromatic heterocycles. The Kier molecular flexibility index (Phi) is 5.14. The van der Waals surface area contributed by atoms with Crippen molar-refractivity contribution in [1.29, 1.82) is 0 Å². The summed E-state index contributed by atoms with van der Waals surface area (Å²) >= 11 is 5.95. The molecule has 5 heteroatoms. The molecule has 2 aromatic rings. The molecule has 1 saturated carbocycles. The summed E-state index contributed by atoms with van der Waals surface area (Å²) in [4.78, 5) is 14.7. The summed E-state index contributed by atoms with van der Waals surface area (Å²) in [7, 11) is 0. The minimum atomic E-state index is -0.146. The zero-order valence-electron chi connectivity index (χ0n) is 14.7. The summed E-state index contributed by atoms with van der Waals surface area (Å²) in [6.07, 6.45) is 5.10. The number of nitrogens with one attached hydrogen (secondary N) is 2. The molecule has 0 unspecified atom stereocenters. The zero-order chi connectivity index (χ0) is 17.9. The second-order valence-corrected chi connectivity index (χ2v) is 7.65. The van der Waals surface area contributed by atoms with Gasteiger partial charge in [-0.25, -0.2) is 0 Å². The molecule has 4 rings (SSSR count). The Morgan fingerprint density at radius 3 is 2.31 bits per heavy atom. The van der Waals surface area contributed by atoms with Gasteiger partial charge in [0.15, 0.2) is 0 Å². The van der Waals surface area contributed by atoms with Crippen LogP contribution < -0.4 is 15.5 Å². The van der Waals surface area contributed by atoms with Crippen LogP contribution in [0.1, 0.15) is 36.0 Å². The lowest BCUT2D eigenvalue weighted by molar-refractivity contribution is 0.102. The van der Waals surface area contributed by atoms with E-state index in [1.165, 1.54) is 31.4 Å². The van der Waals surface area contributed by atoms with E-state index in [0.717, 1.165) is 24.8 Å². The van der Waals surface area contributed by atoms with Crippen LogP contribution >= 0.6 is 11.6 Å². The molecule has 1 aliphatic carbocycles. The fourth-order valence-electron chi connectivity index (χ4n) is 3.48. The van der Waals surface area contributed by atoms with E-state index in [-0.39, 0.29) is 5.91 Å². The minimum Gasteiger partial charge on any atom is -0.371 e. The van der Waals surface area contributed by atoms with Gasteiger partial charge in [0.2, 0.25) is 0 Å².